The van der Waals surface area contributed by atoms with Gasteiger partial charge in [0, 0.05) is 59.8 Å². The molecule has 190 valence electrons. The van der Waals surface area contributed by atoms with E-state index in [-0.39, 0.29) is 41.6 Å². The van der Waals surface area contributed by atoms with E-state index in [0.717, 1.165) is 35.3 Å². The lowest BCUT2D eigenvalue weighted by molar-refractivity contribution is -0.137. The van der Waals surface area contributed by atoms with E-state index in [9.17, 15) is 14.4 Å². The first kappa shape index (κ1) is 26.0. The molecule has 0 saturated heterocycles. The topological polar surface area (TPSA) is 115 Å². The van der Waals surface area contributed by atoms with E-state index >= 15 is 0 Å². The molecule has 1 amide bonds. The average Bonchev–Trinajstić information content (AvgIpc) is 3.61. The van der Waals surface area contributed by atoms with Gasteiger partial charge in [0.05, 0.1) is 6.54 Å². The van der Waals surface area contributed by atoms with Crippen LogP contribution in [0.15, 0.2) is 30.3 Å². The van der Waals surface area contributed by atoms with Crippen LogP contribution in [-0.2, 0) is 21.5 Å². The van der Waals surface area contributed by atoms with Crippen LogP contribution in [0, 0.1) is 5.41 Å². The predicted molar refractivity (Wildman–Crippen MR) is 141 cm³/mol. The van der Waals surface area contributed by atoms with Crippen LogP contribution in [0.3, 0.4) is 0 Å². The number of anilines is 1. The van der Waals surface area contributed by atoms with E-state index in [4.69, 9.17) is 15.5 Å². The minimum Gasteiger partial charge on any atom is -0.481 e. The smallest absolute Gasteiger partial charge is 0.303 e. The van der Waals surface area contributed by atoms with Gasteiger partial charge in [-0.25, -0.2) is 4.98 Å². The Morgan fingerprint density at radius 3 is 2.64 bits per heavy atom. The summed E-state index contributed by atoms with van der Waals surface area (Å²) in [5, 5.41) is 17.5. The number of carbonyl (C=O) groups excluding carboxylic acids is 2. The highest BCUT2D eigenvalue weighted by atomic mass is 79.9. The molecule has 2 aliphatic heterocycles. The predicted octanol–water partition coefficient (Wildman–Crippen LogP) is 4.44. The number of Topliss-reactive ketones (excluding diaryl/α,β-unsaturated/α-hetero) is 1. The molecule has 3 aliphatic rings. The Labute approximate surface area is 221 Å². The molecule has 2 aromatic rings. The van der Waals surface area contributed by atoms with Gasteiger partial charge in [-0.1, -0.05) is 19.9 Å². The Bertz CT molecular complexity index is 1250. The lowest BCUT2D eigenvalue weighted by Gasteiger charge is -2.39. The second-order valence-corrected chi connectivity index (χ2v) is 10.5. The monoisotopic (exact) mass is 554 g/mol. The molecule has 1 fully saturated rings. The van der Waals surface area contributed by atoms with Crippen molar-refractivity contribution in [3.05, 3.63) is 58.4 Å². The van der Waals surface area contributed by atoms with Gasteiger partial charge >= 0.3 is 5.97 Å². The van der Waals surface area contributed by atoms with Crippen LogP contribution in [0.4, 0.5) is 5.69 Å². The average molecular weight is 555 g/mol. The maximum absolute atomic E-state index is 13.3. The van der Waals surface area contributed by atoms with E-state index in [1.54, 1.807) is 21.9 Å². The van der Waals surface area contributed by atoms with Gasteiger partial charge in [0.1, 0.15) is 11.5 Å². The summed E-state index contributed by atoms with van der Waals surface area (Å²) in [7, 11) is 0. The number of benzene rings is 1. The van der Waals surface area contributed by atoms with Gasteiger partial charge in [-0.15, -0.1) is 17.0 Å². The zero-order valence-corrected chi connectivity index (χ0v) is 22.3. The van der Waals surface area contributed by atoms with E-state index in [1.807, 2.05) is 32.0 Å². The first-order valence-corrected chi connectivity index (χ1v) is 12.2. The number of pyridine rings is 1. The number of carboxylic acids is 1. The Morgan fingerprint density at radius 2 is 1.94 bits per heavy atom. The second kappa shape index (κ2) is 9.76. The van der Waals surface area contributed by atoms with Gasteiger partial charge in [0.2, 0.25) is 5.91 Å². The number of carboxylic acid groups (broad SMARTS) is 1. The number of hydrogen-bond acceptors (Lipinski definition) is 5. The first-order valence-electron chi connectivity index (χ1n) is 12.2. The molecular formula is C27H31BrN4O4. The highest BCUT2D eigenvalue weighted by Crippen LogP contribution is 2.41. The number of ketones is 1. The fourth-order valence-electron chi connectivity index (χ4n) is 5.10. The summed E-state index contributed by atoms with van der Waals surface area (Å²) in [6, 6.07) is 9.48. The van der Waals surface area contributed by atoms with Crippen LogP contribution in [-0.4, -0.2) is 51.6 Å². The number of carbonyl (C=O) groups is 3. The standard InChI is InChI=1S/C27H30N4O4.BrH/c1-27(2)13-23(33)31(11-3-4-24(34)35)21-10-8-17(12-19(21)27)22(32)15-30-14-18-7-9-20(16-5-6-16)29-25(18)26(30)28;/h7-10,12,16,28H,3-6,11,13-15H2,1-2H3,(H,34,35);1H. The van der Waals surface area contributed by atoms with Crippen molar-refractivity contribution in [2.75, 3.05) is 18.0 Å². The van der Waals surface area contributed by atoms with E-state index in [0.29, 0.717) is 48.9 Å². The first-order chi connectivity index (χ1) is 16.6. The molecule has 1 saturated carbocycles. The Hall–Kier alpha value is -3.07. The number of aliphatic carboxylic acids is 1. The van der Waals surface area contributed by atoms with Crippen molar-refractivity contribution >= 4 is 46.2 Å². The molecule has 3 heterocycles. The van der Waals surface area contributed by atoms with Gasteiger partial charge < -0.3 is 14.9 Å². The van der Waals surface area contributed by atoms with Gasteiger partial charge in [-0.2, -0.15) is 0 Å². The number of nitrogens with one attached hydrogen (secondary N) is 1. The van der Waals surface area contributed by atoms with Gasteiger partial charge in [0.25, 0.3) is 0 Å². The third-order valence-corrected chi connectivity index (χ3v) is 7.24. The molecule has 1 aromatic heterocycles. The summed E-state index contributed by atoms with van der Waals surface area (Å²) in [4.78, 5) is 45.1. The van der Waals surface area contributed by atoms with Crippen molar-refractivity contribution < 1.29 is 19.5 Å². The lowest BCUT2D eigenvalue weighted by Crippen LogP contribution is -2.42. The van der Waals surface area contributed by atoms with Crippen LogP contribution >= 0.6 is 17.0 Å². The number of aromatic nitrogens is 1. The summed E-state index contributed by atoms with van der Waals surface area (Å²) in [6.45, 7) is 4.90. The Balaban J connectivity index is 0.00000304. The van der Waals surface area contributed by atoms with Gasteiger partial charge in [-0.05, 0) is 49.1 Å². The molecule has 9 heteroatoms. The Kier molecular flexibility index (Phi) is 7.05. The van der Waals surface area contributed by atoms with Crippen molar-refractivity contribution in [2.45, 2.75) is 63.8 Å². The van der Waals surface area contributed by atoms with Crippen molar-refractivity contribution in [1.29, 1.82) is 5.41 Å². The van der Waals surface area contributed by atoms with Crippen LogP contribution in [0.5, 0.6) is 0 Å². The minimum atomic E-state index is -0.885. The quantitative estimate of drug-likeness (QED) is 0.466. The van der Waals surface area contributed by atoms with Crippen molar-refractivity contribution in [2.24, 2.45) is 0 Å². The maximum atomic E-state index is 13.3. The second-order valence-electron chi connectivity index (χ2n) is 10.5. The summed E-state index contributed by atoms with van der Waals surface area (Å²) in [5.41, 5.74) is 4.47. The molecule has 36 heavy (non-hydrogen) atoms. The maximum Gasteiger partial charge on any atom is 0.303 e. The number of amidine groups is 1. The number of hydrogen-bond donors (Lipinski definition) is 2. The molecule has 0 radical (unpaired) electrons. The molecule has 0 spiro atoms. The molecule has 0 unspecified atom stereocenters. The fourth-order valence-corrected chi connectivity index (χ4v) is 5.10. The fraction of sp³-hybridized carbons (Fsp3) is 0.444. The Morgan fingerprint density at radius 1 is 1.19 bits per heavy atom. The number of halogens is 1. The largest absolute Gasteiger partial charge is 0.481 e. The molecule has 8 nitrogen and oxygen atoms in total. The van der Waals surface area contributed by atoms with Crippen molar-refractivity contribution in [3.8, 4) is 0 Å². The lowest BCUT2D eigenvalue weighted by atomic mass is 9.76. The zero-order chi connectivity index (χ0) is 24.9. The van der Waals surface area contributed by atoms with Crippen LogP contribution in [0.1, 0.15) is 84.7 Å². The third kappa shape index (κ3) is 4.93. The number of fused-ring (bicyclic) bond motifs is 2. The summed E-state index contributed by atoms with van der Waals surface area (Å²) < 4.78 is 0. The molecule has 1 aliphatic carbocycles. The summed E-state index contributed by atoms with van der Waals surface area (Å²) >= 11 is 0. The van der Waals surface area contributed by atoms with Crippen LogP contribution < -0.4 is 4.90 Å². The highest BCUT2D eigenvalue weighted by molar-refractivity contribution is 8.93. The van der Waals surface area contributed by atoms with Gasteiger partial charge in [-0.3, -0.25) is 19.8 Å². The number of amides is 1. The van der Waals surface area contributed by atoms with Gasteiger partial charge in [0.15, 0.2) is 5.78 Å². The molecule has 0 atom stereocenters. The molecule has 0 bridgehead atoms. The summed E-state index contributed by atoms with van der Waals surface area (Å²) in [6.07, 6.45) is 2.97. The third-order valence-electron chi connectivity index (χ3n) is 7.24. The van der Waals surface area contributed by atoms with Crippen LogP contribution in [0.2, 0.25) is 0 Å². The number of nitrogens with zero attached hydrogens (tertiary/aromatic N) is 3. The van der Waals surface area contributed by atoms with Crippen molar-refractivity contribution in [3.63, 3.8) is 0 Å². The van der Waals surface area contributed by atoms with E-state index < -0.39 is 11.4 Å². The SMILES string of the molecule is Br.CC1(C)CC(=O)N(CCCC(=O)O)c2ccc(C(=O)CN3Cc4ccc(C5CC5)nc4C3=N)cc21. The zero-order valence-electron chi connectivity index (χ0n) is 20.5. The number of rotatable bonds is 8. The van der Waals surface area contributed by atoms with Crippen LogP contribution in [0.25, 0.3) is 0 Å². The molecular weight excluding hydrogens is 524 g/mol. The van der Waals surface area contributed by atoms with E-state index in [2.05, 4.69) is 0 Å². The molecule has 1 aromatic carbocycles. The minimum absolute atomic E-state index is 0. The molecule has 2 N–H and O–H groups in total. The van der Waals surface area contributed by atoms with E-state index in [1.165, 1.54) is 0 Å². The normalized spacial score (nSPS) is 17.9. The van der Waals surface area contributed by atoms with Crippen molar-refractivity contribution in [1.82, 2.24) is 9.88 Å². The molecule has 5 rings (SSSR count). The highest BCUT2D eigenvalue weighted by Gasteiger charge is 2.37. The summed E-state index contributed by atoms with van der Waals surface area (Å²) in [5.74, 6) is -0.196.